The van der Waals surface area contributed by atoms with Crippen LogP contribution in [0, 0.1) is 0 Å². The Kier molecular flexibility index (Phi) is 5.23. The molecule has 0 saturated carbocycles. The summed E-state index contributed by atoms with van der Waals surface area (Å²) < 4.78 is 7.10. The van der Waals surface area contributed by atoms with Crippen molar-refractivity contribution in [3.05, 3.63) is 0 Å². The summed E-state index contributed by atoms with van der Waals surface area (Å²) in [6, 6.07) is 0. The lowest BCUT2D eigenvalue weighted by atomic mass is 10.4. The molecule has 13 heavy (non-hydrogen) atoms. The number of nitrogens with zero attached hydrogens (tertiary/aromatic N) is 1. The SMILES string of the molecule is CCCCOC(=O)SN1CCCC1. The van der Waals surface area contributed by atoms with Gasteiger partial charge in [0.05, 0.1) is 6.61 Å². The van der Waals surface area contributed by atoms with E-state index in [1.165, 1.54) is 24.8 Å². The monoisotopic (exact) mass is 203 g/mol. The van der Waals surface area contributed by atoms with Crippen LogP contribution in [0.15, 0.2) is 0 Å². The fourth-order valence-corrected chi connectivity index (χ4v) is 2.00. The smallest absolute Gasteiger partial charge is 0.382 e. The topological polar surface area (TPSA) is 29.5 Å². The average molecular weight is 203 g/mol. The predicted octanol–water partition coefficient (Wildman–Crippen LogP) is 2.67. The number of carbonyl (C=O) groups is 1. The molecular weight excluding hydrogens is 186 g/mol. The molecular formula is C9H17NO2S. The average Bonchev–Trinajstić information content (AvgIpc) is 2.57. The number of carbonyl (C=O) groups excluding carboxylic acids is 1. The first kappa shape index (κ1) is 10.9. The largest absolute Gasteiger partial charge is 0.457 e. The Labute approximate surface area is 83.9 Å². The zero-order valence-corrected chi connectivity index (χ0v) is 8.94. The van der Waals surface area contributed by atoms with E-state index in [1.54, 1.807) is 0 Å². The third kappa shape index (κ3) is 4.52. The van der Waals surface area contributed by atoms with Crippen molar-refractivity contribution in [1.82, 2.24) is 4.31 Å². The van der Waals surface area contributed by atoms with Crippen molar-refractivity contribution >= 4 is 17.2 Å². The maximum absolute atomic E-state index is 11.2. The van der Waals surface area contributed by atoms with Gasteiger partial charge < -0.3 is 4.74 Å². The molecule has 1 aliphatic rings. The molecule has 0 atom stereocenters. The van der Waals surface area contributed by atoms with E-state index >= 15 is 0 Å². The fraction of sp³-hybridized carbons (Fsp3) is 0.889. The van der Waals surface area contributed by atoms with Crippen molar-refractivity contribution in [2.75, 3.05) is 19.7 Å². The molecule has 1 saturated heterocycles. The number of unbranched alkanes of at least 4 members (excludes halogenated alkanes) is 1. The highest BCUT2D eigenvalue weighted by Gasteiger charge is 2.16. The molecule has 1 rings (SSSR count). The molecule has 0 aromatic rings. The standard InChI is InChI=1S/C9H17NO2S/c1-2-3-8-12-9(11)13-10-6-4-5-7-10/h2-8H2,1H3. The van der Waals surface area contributed by atoms with Crippen LogP contribution in [0.1, 0.15) is 32.6 Å². The summed E-state index contributed by atoms with van der Waals surface area (Å²) in [5.74, 6) is 0. The van der Waals surface area contributed by atoms with Gasteiger partial charge in [-0.15, -0.1) is 0 Å². The predicted molar refractivity (Wildman–Crippen MR) is 54.7 cm³/mol. The Morgan fingerprint density at radius 3 is 2.77 bits per heavy atom. The Morgan fingerprint density at radius 2 is 2.15 bits per heavy atom. The van der Waals surface area contributed by atoms with Crippen LogP contribution >= 0.6 is 11.9 Å². The van der Waals surface area contributed by atoms with E-state index < -0.39 is 0 Å². The molecule has 0 aromatic heterocycles. The minimum atomic E-state index is -0.143. The molecule has 0 unspecified atom stereocenters. The number of hydrogen-bond acceptors (Lipinski definition) is 4. The Bertz CT molecular complexity index is 158. The van der Waals surface area contributed by atoms with Crippen LogP contribution in [0.3, 0.4) is 0 Å². The van der Waals surface area contributed by atoms with Crippen LogP contribution in [0.25, 0.3) is 0 Å². The van der Waals surface area contributed by atoms with Crippen molar-refractivity contribution in [3.8, 4) is 0 Å². The van der Waals surface area contributed by atoms with Gasteiger partial charge in [-0.3, -0.25) is 0 Å². The normalized spacial score (nSPS) is 17.6. The minimum Gasteiger partial charge on any atom is -0.457 e. The van der Waals surface area contributed by atoms with Crippen LogP contribution in [0.2, 0.25) is 0 Å². The first-order valence-corrected chi connectivity index (χ1v) is 5.70. The summed E-state index contributed by atoms with van der Waals surface area (Å²) in [4.78, 5) is 11.2. The van der Waals surface area contributed by atoms with Gasteiger partial charge in [-0.1, -0.05) is 13.3 Å². The second-order valence-corrected chi connectivity index (χ2v) is 4.21. The van der Waals surface area contributed by atoms with Crippen molar-refractivity contribution < 1.29 is 9.53 Å². The number of rotatable bonds is 4. The highest BCUT2D eigenvalue weighted by Crippen LogP contribution is 2.19. The third-order valence-corrected chi connectivity index (χ3v) is 2.88. The Hall–Kier alpha value is -0.220. The summed E-state index contributed by atoms with van der Waals surface area (Å²) >= 11 is 1.23. The van der Waals surface area contributed by atoms with Gasteiger partial charge in [-0.25, -0.2) is 9.10 Å². The molecule has 0 N–H and O–H groups in total. The van der Waals surface area contributed by atoms with Crippen molar-refractivity contribution in [2.45, 2.75) is 32.6 Å². The molecule has 1 heterocycles. The first-order chi connectivity index (χ1) is 6.33. The molecule has 0 radical (unpaired) electrons. The van der Waals surface area contributed by atoms with Gasteiger partial charge in [0.15, 0.2) is 0 Å². The highest BCUT2D eigenvalue weighted by molar-refractivity contribution is 8.11. The summed E-state index contributed by atoms with van der Waals surface area (Å²) in [6.07, 6.45) is 4.44. The highest BCUT2D eigenvalue weighted by atomic mass is 32.2. The van der Waals surface area contributed by atoms with E-state index in [-0.39, 0.29) is 5.30 Å². The molecule has 0 aromatic carbocycles. The van der Waals surface area contributed by atoms with Crippen LogP contribution in [0.5, 0.6) is 0 Å². The van der Waals surface area contributed by atoms with Crippen LogP contribution in [-0.4, -0.2) is 29.3 Å². The van der Waals surface area contributed by atoms with Gasteiger partial charge in [-0.2, -0.15) is 0 Å². The number of hydrogen-bond donors (Lipinski definition) is 0. The van der Waals surface area contributed by atoms with Gasteiger partial charge in [0, 0.05) is 25.0 Å². The Morgan fingerprint density at radius 1 is 1.46 bits per heavy atom. The van der Waals surface area contributed by atoms with Crippen LogP contribution in [0.4, 0.5) is 4.79 Å². The summed E-state index contributed by atoms with van der Waals surface area (Å²) in [5.41, 5.74) is 0. The molecule has 0 bridgehead atoms. The molecule has 76 valence electrons. The summed E-state index contributed by atoms with van der Waals surface area (Å²) in [7, 11) is 0. The van der Waals surface area contributed by atoms with Gasteiger partial charge in [0.25, 0.3) is 0 Å². The summed E-state index contributed by atoms with van der Waals surface area (Å²) in [5, 5.41) is -0.143. The van der Waals surface area contributed by atoms with E-state index in [9.17, 15) is 4.79 Å². The van der Waals surface area contributed by atoms with Crippen LogP contribution < -0.4 is 0 Å². The fourth-order valence-electron chi connectivity index (χ4n) is 1.21. The molecule has 1 fully saturated rings. The second kappa shape index (κ2) is 6.27. The van der Waals surface area contributed by atoms with E-state index in [0.717, 1.165) is 25.9 Å². The maximum atomic E-state index is 11.2. The zero-order valence-electron chi connectivity index (χ0n) is 8.12. The lowest BCUT2D eigenvalue weighted by molar-refractivity contribution is 0.172. The minimum absolute atomic E-state index is 0.143. The maximum Gasteiger partial charge on any atom is 0.382 e. The Balaban J connectivity index is 2.02. The van der Waals surface area contributed by atoms with E-state index in [0.29, 0.717) is 6.61 Å². The van der Waals surface area contributed by atoms with Gasteiger partial charge in [-0.05, 0) is 19.3 Å². The van der Waals surface area contributed by atoms with E-state index in [1.807, 2.05) is 0 Å². The van der Waals surface area contributed by atoms with Crippen molar-refractivity contribution in [3.63, 3.8) is 0 Å². The van der Waals surface area contributed by atoms with Gasteiger partial charge >= 0.3 is 5.30 Å². The van der Waals surface area contributed by atoms with E-state index in [2.05, 4.69) is 11.2 Å². The molecule has 0 amide bonds. The summed E-state index contributed by atoms with van der Waals surface area (Å²) in [6.45, 7) is 4.69. The molecule has 1 aliphatic heterocycles. The lowest BCUT2D eigenvalue weighted by Gasteiger charge is -2.11. The van der Waals surface area contributed by atoms with Crippen LogP contribution in [-0.2, 0) is 4.74 Å². The lowest BCUT2D eigenvalue weighted by Crippen LogP contribution is -2.14. The van der Waals surface area contributed by atoms with Crippen molar-refractivity contribution in [2.24, 2.45) is 0 Å². The molecule has 0 aliphatic carbocycles. The van der Waals surface area contributed by atoms with Gasteiger partial charge in [0.1, 0.15) is 0 Å². The zero-order chi connectivity index (χ0) is 9.52. The number of ether oxygens (including phenoxy) is 1. The quantitative estimate of drug-likeness (QED) is 0.399. The third-order valence-electron chi connectivity index (χ3n) is 1.99. The van der Waals surface area contributed by atoms with Gasteiger partial charge in [0.2, 0.25) is 0 Å². The first-order valence-electron chi connectivity index (χ1n) is 4.92. The van der Waals surface area contributed by atoms with E-state index in [4.69, 9.17) is 4.74 Å². The molecule has 0 spiro atoms. The van der Waals surface area contributed by atoms with Crippen molar-refractivity contribution in [1.29, 1.82) is 0 Å². The molecule has 3 nitrogen and oxygen atoms in total. The molecule has 4 heteroatoms. The second-order valence-electron chi connectivity index (χ2n) is 3.18.